The molecule has 1 aromatic rings. The molecule has 1 aliphatic carbocycles. The molecule has 1 unspecified atom stereocenters. The first-order chi connectivity index (χ1) is 10.3. The first kappa shape index (κ1) is 16.5. The van der Waals surface area contributed by atoms with Gasteiger partial charge in [-0.25, -0.2) is 4.79 Å². The Morgan fingerprint density at radius 2 is 2.05 bits per heavy atom. The zero-order chi connectivity index (χ0) is 16.5. The van der Waals surface area contributed by atoms with Crippen LogP contribution < -0.4 is 0 Å². The lowest BCUT2D eigenvalue weighted by Crippen LogP contribution is -2.49. The third kappa shape index (κ3) is 2.86. The normalized spacial score (nSPS) is 19.3. The smallest absolute Gasteiger partial charge is 0.338 e. The Hall–Kier alpha value is -1.88. The van der Waals surface area contributed by atoms with Gasteiger partial charge in [0, 0.05) is 22.4 Å². The molecule has 6 heteroatoms. The van der Waals surface area contributed by atoms with E-state index in [1.54, 1.807) is 32.0 Å². The van der Waals surface area contributed by atoms with E-state index >= 15 is 0 Å². The van der Waals surface area contributed by atoms with Crippen LogP contribution in [0.2, 0.25) is 5.02 Å². The lowest BCUT2D eigenvalue weighted by molar-refractivity contribution is -0.167. The van der Waals surface area contributed by atoms with Gasteiger partial charge < -0.3 is 9.47 Å². The number of carbonyl (C=O) groups excluding carboxylic acids is 3. The van der Waals surface area contributed by atoms with Crippen molar-refractivity contribution < 1.29 is 23.9 Å². The summed E-state index contributed by atoms with van der Waals surface area (Å²) in [6, 6.07) is 4.78. The SMILES string of the molecule is COC(=O)c1cccc(Cl)c1COC(=O)C1CC(=O)C1(C)C. The molecular weight excluding hydrogens is 308 g/mol. The molecule has 22 heavy (non-hydrogen) atoms. The third-order valence-corrected chi connectivity index (χ3v) is 4.50. The quantitative estimate of drug-likeness (QED) is 0.796. The number of ether oxygens (including phenoxy) is 2. The van der Waals surface area contributed by atoms with Crippen molar-refractivity contribution in [1.29, 1.82) is 0 Å². The van der Waals surface area contributed by atoms with Crippen LogP contribution in [0.5, 0.6) is 0 Å². The van der Waals surface area contributed by atoms with Gasteiger partial charge in [0.2, 0.25) is 0 Å². The van der Waals surface area contributed by atoms with Gasteiger partial charge in [0.05, 0.1) is 18.6 Å². The summed E-state index contributed by atoms with van der Waals surface area (Å²) in [5, 5.41) is 0.319. The number of methoxy groups -OCH3 is 1. The molecular formula is C16H17ClO5. The van der Waals surface area contributed by atoms with Crippen molar-refractivity contribution in [1.82, 2.24) is 0 Å². The highest BCUT2D eigenvalue weighted by molar-refractivity contribution is 6.31. The summed E-state index contributed by atoms with van der Waals surface area (Å²) in [6.07, 6.45) is 0.193. The molecule has 0 aromatic heterocycles. The fourth-order valence-corrected chi connectivity index (χ4v) is 2.62. The van der Waals surface area contributed by atoms with Crippen LogP contribution in [0.25, 0.3) is 0 Å². The average Bonchev–Trinajstić information content (AvgIpc) is 2.49. The maximum absolute atomic E-state index is 12.1. The molecule has 0 N–H and O–H groups in total. The van der Waals surface area contributed by atoms with Crippen molar-refractivity contribution in [3.8, 4) is 0 Å². The van der Waals surface area contributed by atoms with Crippen LogP contribution >= 0.6 is 11.6 Å². The molecule has 0 radical (unpaired) electrons. The molecule has 1 aliphatic rings. The maximum Gasteiger partial charge on any atom is 0.338 e. The minimum atomic E-state index is -0.692. The minimum absolute atomic E-state index is 0.0439. The summed E-state index contributed by atoms with van der Waals surface area (Å²) in [7, 11) is 1.27. The number of Topliss-reactive ketones (excluding diaryl/α,β-unsaturated/α-hetero) is 1. The van der Waals surface area contributed by atoms with Gasteiger partial charge in [-0.15, -0.1) is 0 Å². The number of carbonyl (C=O) groups is 3. The predicted octanol–water partition coefficient (Wildman–Crippen LogP) is 2.79. The lowest BCUT2D eigenvalue weighted by Gasteiger charge is -2.40. The average molecular weight is 325 g/mol. The Morgan fingerprint density at radius 3 is 2.59 bits per heavy atom. The number of halogens is 1. The predicted molar refractivity (Wildman–Crippen MR) is 79.5 cm³/mol. The van der Waals surface area contributed by atoms with Gasteiger partial charge in [-0.1, -0.05) is 31.5 Å². The van der Waals surface area contributed by atoms with Gasteiger partial charge in [0.1, 0.15) is 12.4 Å². The Kier molecular flexibility index (Phi) is 4.56. The monoisotopic (exact) mass is 324 g/mol. The van der Waals surface area contributed by atoms with Crippen LogP contribution in [-0.2, 0) is 25.7 Å². The second-order valence-electron chi connectivity index (χ2n) is 5.77. The van der Waals surface area contributed by atoms with E-state index < -0.39 is 23.3 Å². The number of hydrogen-bond acceptors (Lipinski definition) is 5. The zero-order valence-corrected chi connectivity index (χ0v) is 13.4. The van der Waals surface area contributed by atoms with Crippen molar-refractivity contribution in [2.45, 2.75) is 26.9 Å². The van der Waals surface area contributed by atoms with E-state index in [0.29, 0.717) is 10.6 Å². The fraction of sp³-hybridized carbons (Fsp3) is 0.438. The molecule has 1 fully saturated rings. The molecule has 5 nitrogen and oxygen atoms in total. The number of rotatable bonds is 4. The van der Waals surface area contributed by atoms with Crippen molar-refractivity contribution in [3.05, 3.63) is 34.3 Å². The van der Waals surface area contributed by atoms with Crippen molar-refractivity contribution >= 4 is 29.3 Å². The van der Waals surface area contributed by atoms with E-state index in [0.717, 1.165) is 0 Å². The summed E-state index contributed by atoms with van der Waals surface area (Å²) >= 11 is 6.07. The summed E-state index contributed by atoms with van der Waals surface area (Å²) < 4.78 is 9.93. The Labute approximate surface area is 133 Å². The summed E-state index contributed by atoms with van der Waals surface area (Å²) in [4.78, 5) is 35.3. The summed E-state index contributed by atoms with van der Waals surface area (Å²) in [5.74, 6) is -1.42. The second-order valence-corrected chi connectivity index (χ2v) is 6.17. The highest BCUT2D eigenvalue weighted by Gasteiger charge is 2.52. The zero-order valence-electron chi connectivity index (χ0n) is 12.6. The van der Waals surface area contributed by atoms with Crippen LogP contribution in [0.4, 0.5) is 0 Å². The summed E-state index contributed by atoms with van der Waals surface area (Å²) in [6.45, 7) is 3.31. The molecule has 0 amide bonds. The molecule has 0 spiro atoms. The van der Waals surface area contributed by atoms with E-state index in [9.17, 15) is 14.4 Å². The molecule has 1 aromatic carbocycles. The number of esters is 2. The molecule has 0 aliphatic heterocycles. The lowest BCUT2D eigenvalue weighted by atomic mass is 9.61. The number of ketones is 1. The first-order valence-corrected chi connectivity index (χ1v) is 7.22. The van der Waals surface area contributed by atoms with E-state index in [-0.39, 0.29) is 24.4 Å². The summed E-state index contributed by atoms with van der Waals surface area (Å²) in [5.41, 5.74) is -0.0393. The van der Waals surface area contributed by atoms with E-state index in [1.165, 1.54) is 7.11 Å². The Balaban J connectivity index is 2.11. The third-order valence-electron chi connectivity index (χ3n) is 4.15. The highest BCUT2D eigenvalue weighted by atomic mass is 35.5. The van der Waals surface area contributed by atoms with Gasteiger partial charge in [-0.2, -0.15) is 0 Å². The molecule has 118 valence electrons. The molecule has 2 rings (SSSR count). The maximum atomic E-state index is 12.1. The van der Waals surface area contributed by atoms with E-state index in [1.807, 2.05) is 0 Å². The van der Waals surface area contributed by atoms with Crippen LogP contribution in [0.15, 0.2) is 18.2 Å². The van der Waals surface area contributed by atoms with Gasteiger partial charge in [0.25, 0.3) is 0 Å². The van der Waals surface area contributed by atoms with Crippen molar-refractivity contribution in [2.75, 3.05) is 7.11 Å². The molecule has 0 heterocycles. The highest BCUT2D eigenvalue weighted by Crippen LogP contribution is 2.43. The molecule has 0 saturated heterocycles. The van der Waals surface area contributed by atoms with Crippen LogP contribution in [-0.4, -0.2) is 24.8 Å². The Bertz CT molecular complexity index is 635. The molecule has 1 saturated carbocycles. The molecule has 0 bridgehead atoms. The van der Waals surface area contributed by atoms with Crippen LogP contribution in [0.3, 0.4) is 0 Å². The number of hydrogen-bond donors (Lipinski definition) is 0. The van der Waals surface area contributed by atoms with Gasteiger partial charge in [-0.05, 0) is 12.1 Å². The fourth-order valence-electron chi connectivity index (χ4n) is 2.40. The largest absolute Gasteiger partial charge is 0.465 e. The Morgan fingerprint density at radius 1 is 1.36 bits per heavy atom. The van der Waals surface area contributed by atoms with E-state index in [2.05, 4.69) is 4.74 Å². The van der Waals surface area contributed by atoms with Crippen molar-refractivity contribution in [2.24, 2.45) is 11.3 Å². The van der Waals surface area contributed by atoms with Gasteiger partial charge >= 0.3 is 11.9 Å². The first-order valence-electron chi connectivity index (χ1n) is 6.84. The topological polar surface area (TPSA) is 69.7 Å². The second kappa shape index (κ2) is 6.08. The van der Waals surface area contributed by atoms with Crippen LogP contribution in [0, 0.1) is 11.3 Å². The van der Waals surface area contributed by atoms with E-state index in [4.69, 9.17) is 16.3 Å². The van der Waals surface area contributed by atoms with Crippen LogP contribution in [0.1, 0.15) is 36.2 Å². The van der Waals surface area contributed by atoms with Gasteiger partial charge in [0.15, 0.2) is 0 Å². The number of benzene rings is 1. The molecule has 1 atom stereocenters. The van der Waals surface area contributed by atoms with Crippen molar-refractivity contribution in [3.63, 3.8) is 0 Å². The van der Waals surface area contributed by atoms with Gasteiger partial charge in [-0.3, -0.25) is 9.59 Å². The minimum Gasteiger partial charge on any atom is -0.465 e. The standard InChI is InChI=1S/C16H17ClO5/c1-16(2)11(7-13(16)18)15(20)22-8-10-9(14(19)21-3)5-4-6-12(10)17/h4-6,11H,7-8H2,1-3H3.